The molecule has 0 aliphatic rings. The van der Waals surface area contributed by atoms with Crippen LogP contribution in [0.25, 0.3) is 0 Å². The molecule has 3 N–H and O–H groups in total. The summed E-state index contributed by atoms with van der Waals surface area (Å²) in [4.78, 5) is 14.9. The molecule has 0 radical (unpaired) electrons. The highest BCUT2D eigenvalue weighted by Crippen LogP contribution is 2.29. The fraction of sp³-hybridized carbons (Fsp3) is 0.692. The second-order valence-electron chi connectivity index (χ2n) is 5.29. The number of carbonyl (C=O) groups excluding carboxylic acids is 1. The van der Waals surface area contributed by atoms with E-state index in [9.17, 15) is 23.1 Å². The third-order valence-electron chi connectivity index (χ3n) is 2.71. The molecule has 0 aromatic carbocycles. The zero-order chi connectivity index (χ0) is 16.8. The highest BCUT2D eigenvalue weighted by Gasteiger charge is 2.33. The number of aliphatic hydroxyl groups excluding tert-OH is 1. The molecule has 0 saturated heterocycles. The van der Waals surface area contributed by atoms with E-state index in [1.54, 1.807) is 0 Å². The van der Waals surface area contributed by atoms with Crippen LogP contribution in [0.2, 0.25) is 0 Å². The van der Waals surface area contributed by atoms with Gasteiger partial charge in [0.15, 0.2) is 5.69 Å². The predicted octanol–water partition coefficient (Wildman–Crippen LogP) is 2.41. The van der Waals surface area contributed by atoms with Crippen LogP contribution in [0.4, 0.5) is 18.0 Å². The number of aliphatic hydroxyl groups is 1. The van der Waals surface area contributed by atoms with Gasteiger partial charge in [-0.2, -0.15) is 13.2 Å². The third-order valence-corrected chi connectivity index (χ3v) is 3.62. The van der Waals surface area contributed by atoms with Crippen LogP contribution in [0.15, 0.2) is 5.38 Å². The minimum Gasteiger partial charge on any atom is -0.391 e. The number of carbonyl (C=O) groups is 1. The van der Waals surface area contributed by atoms with E-state index in [1.807, 2.05) is 13.8 Å². The summed E-state index contributed by atoms with van der Waals surface area (Å²) >= 11 is 0.910. The van der Waals surface area contributed by atoms with Crippen molar-refractivity contribution in [3.63, 3.8) is 0 Å². The zero-order valence-corrected chi connectivity index (χ0v) is 13.2. The van der Waals surface area contributed by atoms with Crippen molar-refractivity contribution >= 4 is 17.4 Å². The van der Waals surface area contributed by atoms with Gasteiger partial charge in [0.1, 0.15) is 0 Å². The van der Waals surface area contributed by atoms with Crippen molar-refractivity contribution in [2.45, 2.75) is 39.0 Å². The first-order valence-electron chi connectivity index (χ1n) is 6.90. The summed E-state index contributed by atoms with van der Waals surface area (Å²) in [5, 5.41) is 15.9. The van der Waals surface area contributed by atoms with E-state index in [0.29, 0.717) is 17.3 Å². The molecule has 1 rings (SSSR count). The summed E-state index contributed by atoms with van der Waals surface area (Å²) in [7, 11) is 0. The lowest BCUT2D eigenvalue weighted by atomic mass is 10.1. The van der Waals surface area contributed by atoms with Gasteiger partial charge in [0.25, 0.3) is 0 Å². The van der Waals surface area contributed by atoms with Gasteiger partial charge in [-0.15, -0.1) is 11.3 Å². The molecule has 0 saturated carbocycles. The van der Waals surface area contributed by atoms with Crippen LogP contribution >= 0.6 is 11.3 Å². The summed E-state index contributed by atoms with van der Waals surface area (Å²) in [5.74, 6) is 0.326. The van der Waals surface area contributed by atoms with Crippen molar-refractivity contribution in [1.82, 2.24) is 15.6 Å². The second kappa shape index (κ2) is 8.33. The standard InChI is InChI=1S/C13H20F3N3O2S/c1-8(2)5-9(20)6-18-12(21)17-4-3-11-19-10(7-22-11)13(14,15)16/h7-9,20H,3-6H2,1-2H3,(H2,17,18,21). The minimum atomic E-state index is -4.44. The Hall–Kier alpha value is -1.35. The number of aromatic nitrogens is 1. The van der Waals surface area contributed by atoms with Crippen molar-refractivity contribution in [2.75, 3.05) is 13.1 Å². The summed E-state index contributed by atoms with van der Waals surface area (Å²) < 4.78 is 37.1. The van der Waals surface area contributed by atoms with Gasteiger partial charge in [0, 0.05) is 24.9 Å². The lowest BCUT2D eigenvalue weighted by Gasteiger charge is -2.14. The summed E-state index contributed by atoms with van der Waals surface area (Å²) in [5.41, 5.74) is -0.909. The maximum absolute atomic E-state index is 12.4. The normalized spacial score (nSPS) is 13.2. The van der Waals surface area contributed by atoms with Crippen LogP contribution in [-0.2, 0) is 12.6 Å². The molecule has 1 heterocycles. The highest BCUT2D eigenvalue weighted by molar-refractivity contribution is 7.09. The molecule has 0 spiro atoms. The Morgan fingerprint density at radius 1 is 1.41 bits per heavy atom. The molecular weight excluding hydrogens is 319 g/mol. The van der Waals surface area contributed by atoms with Crippen LogP contribution < -0.4 is 10.6 Å². The lowest BCUT2D eigenvalue weighted by Crippen LogP contribution is -2.40. The number of nitrogens with one attached hydrogen (secondary N) is 2. The van der Waals surface area contributed by atoms with Gasteiger partial charge >= 0.3 is 12.2 Å². The molecule has 1 aromatic heterocycles. The van der Waals surface area contributed by atoms with E-state index in [4.69, 9.17) is 0 Å². The number of amides is 2. The third kappa shape index (κ3) is 7.08. The summed E-state index contributed by atoms with van der Waals surface area (Å²) in [6.07, 6.45) is -4.24. The van der Waals surface area contributed by atoms with Gasteiger partial charge in [-0.1, -0.05) is 13.8 Å². The molecule has 0 aliphatic carbocycles. The van der Waals surface area contributed by atoms with Crippen molar-refractivity contribution < 1.29 is 23.1 Å². The Kier molecular flexibility index (Phi) is 7.08. The van der Waals surface area contributed by atoms with Crippen LogP contribution in [0.3, 0.4) is 0 Å². The van der Waals surface area contributed by atoms with E-state index in [2.05, 4.69) is 15.6 Å². The zero-order valence-electron chi connectivity index (χ0n) is 12.4. The van der Waals surface area contributed by atoms with Crippen molar-refractivity contribution in [1.29, 1.82) is 0 Å². The molecule has 0 bridgehead atoms. The quantitative estimate of drug-likeness (QED) is 0.714. The van der Waals surface area contributed by atoms with Gasteiger partial charge in [-0.3, -0.25) is 0 Å². The number of rotatable bonds is 7. The number of urea groups is 1. The molecular formula is C13H20F3N3O2S. The number of halogens is 3. The first-order chi connectivity index (χ1) is 10.2. The SMILES string of the molecule is CC(C)CC(O)CNC(=O)NCCc1nc(C(F)(F)F)cs1. The van der Waals surface area contributed by atoms with E-state index >= 15 is 0 Å². The predicted molar refractivity (Wildman–Crippen MR) is 77.7 cm³/mol. The van der Waals surface area contributed by atoms with Crippen LogP contribution in [-0.4, -0.2) is 35.3 Å². The fourth-order valence-corrected chi connectivity index (χ4v) is 2.54. The summed E-state index contributed by atoms with van der Waals surface area (Å²) in [6, 6.07) is -0.463. The largest absolute Gasteiger partial charge is 0.434 e. The topological polar surface area (TPSA) is 74.2 Å². The smallest absolute Gasteiger partial charge is 0.391 e. The van der Waals surface area contributed by atoms with Crippen molar-refractivity contribution in [2.24, 2.45) is 5.92 Å². The Morgan fingerprint density at radius 3 is 2.64 bits per heavy atom. The van der Waals surface area contributed by atoms with E-state index < -0.39 is 24.0 Å². The Bertz CT molecular complexity index is 477. The maximum Gasteiger partial charge on any atom is 0.434 e. The Labute approximate surface area is 130 Å². The Morgan fingerprint density at radius 2 is 2.09 bits per heavy atom. The highest BCUT2D eigenvalue weighted by atomic mass is 32.1. The summed E-state index contributed by atoms with van der Waals surface area (Å²) in [6.45, 7) is 4.25. The average Bonchev–Trinajstić information content (AvgIpc) is 2.84. The molecule has 0 fully saturated rings. The van der Waals surface area contributed by atoms with E-state index in [-0.39, 0.29) is 19.5 Å². The fourth-order valence-electron chi connectivity index (χ4n) is 1.74. The van der Waals surface area contributed by atoms with Gasteiger partial charge in [0.2, 0.25) is 0 Å². The monoisotopic (exact) mass is 339 g/mol. The van der Waals surface area contributed by atoms with Gasteiger partial charge in [0.05, 0.1) is 11.1 Å². The molecule has 5 nitrogen and oxygen atoms in total. The molecule has 0 aliphatic heterocycles. The molecule has 126 valence electrons. The van der Waals surface area contributed by atoms with E-state index in [1.165, 1.54) is 0 Å². The number of hydrogen-bond acceptors (Lipinski definition) is 4. The first-order valence-corrected chi connectivity index (χ1v) is 7.77. The van der Waals surface area contributed by atoms with Gasteiger partial charge in [-0.05, 0) is 12.3 Å². The molecule has 1 aromatic rings. The maximum atomic E-state index is 12.4. The lowest BCUT2D eigenvalue weighted by molar-refractivity contribution is -0.140. The molecule has 9 heteroatoms. The second-order valence-corrected chi connectivity index (χ2v) is 6.24. The van der Waals surface area contributed by atoms with Gasteiger partial charge in [-0.25, -0.2) is 9.78 Å². The number of alkyl halides is 3. The molecule has 1 atom stereocenters. The van der Waals surface area contributed by atoms with Crippen LogP contribution in [0.5, 0.6) is 0 Å². The number of hydrogen-bond donors (Lipinski definition) is 3. The average molecular weight is 339 g/mol. The molecule has 22 heavy (non-hydrogen) atoms. The number of nitrogens with zero attached hydrogens (tertiary/aromatic N) is 1. The van der Waals surface area contributed by atoms with Crippen molar-refractivity contribution in [3.05, 3.63) is 16.1 Å². The number of thiazole rings is 1. The minimum absolute atomic E-state index is 0.138. The van der Waals surface area contributed by atoms with Crippen molar-refractivity contribution in [3.8, 4) is 0 Å². The first kappa shape index (κ1) is 18.7. The van der Waals surface area contributed by atoms with Gasteiger partial charge < -0.3 is 15.7 Å². The van der Waals surface area contributed by atoms with E-state index in [0.717, 1.165) is 16.7 Å². The molecule has 2 amide bonds. The molecule has 1 unspecified atom stereocenters. The van der Waals surface area contributed by atoms with Crippen LogP contribution in [0, 0.1) is 5.92 Å². The Balaban J connectivity index is 2.24. The van der Waals surface area contributed by atoms with Crippen LogP contribution in [0.1, 0.15) is 31.0 Å².